The van der Waals surface area contributed by atoms with Crippen molar-refractivity contribution < 1.29 is 23.7 Å². The average molecular weight is 599 g/mol. The third kappa shape index (κ3) is 7.07. The van der Waals surface area contributed by atoms with E-state index in [1.165, 1.54) is 0 Å². The van der Waals surface area contributed by atoms with E-state index in [1.54, 1.807) is 20.3 Å². The number of morpholine rings is 1. The highest BCUT2D eigenvalue weighted by molar-refractivity contribution is 6.30. The van der Waals surface area contributed by atoms with Gasteiger partial charge in [-0.25, -0.2) is 0 Å². The van der Waals surface area contributed by atoms with E-state index in [-0.39, 0.29) is 11.9 Å². The third-order valence-electron chi connectivity index (χ3n) is 7.45. The van der Waals surface area contributed by atoms with Gasteiger partial charge in [-0.15, -0.1) is 6.58 Å². The Morgan fingerprint density at radius 1 is 1.00 bits per heavy atom. The van der Waals surface area contributed by atoms with Crippen LogP contribution in [-0.2, 0) is 20.9 Å². The summed E-state index contributed by atoms with van der Waals surface area (Å²) in [6, 6.07) is 20.3. The van der Waals surface area contributed by atoms with Gasteiger partial charge in [0.15, 0.2) is 11.5 Å². The molecule has 3 aromatic rings. The molecule has 6 nitrogen and oxygen atoms in total. The number of ether oxygens (including phenoxy) is 4. The van der Waals surface area contributed by atoms with Crippen LogP contribution in [0.15, 0.2) is 79.4 Å². The van der Waals surface area contributed by atoms with E-state index < -0.39 is 17.7 Å². The second-order valence-corrected chi connectivity index (χ2v) is 11.3. The normalized spacial score (nSPS) is 21.4. The minimum absolute atomic E-state index is 0.0944. The van der Waals surface area contributed by atoms with Crippen molar-refractivity contribution >= 4 is 29.1 Å². The Hall–Kier alpha value is -3.03. The van der Waals surface area contributed by atoms with Crippen molar-refractivity contribution in [2.45, 2.75) is 57.1 Å². The predicted octanol–water partition coefficient (Wildman–Crippen LogP) is 7.98. The zero-order valence-corrected chi connectivity index (χ0v) is 25.5. The molecule has 1 fully saturated rings. The Morgan fingerprint density at radius 3 is 2.39 bits per heavy atom. The molecule has 1 aliphatic rings. The first-order chi connectivity index (χ1) is 19.7. The summed E-state index contributed by atoms with van der Waals surface area (Å²) in [5.41, 5.74) is 1.69. The topological polar surface area (TPSA) is 57.2 Å². The maximum absolute atomic E-state index is 14.2. The molecule has 1 aliphatic heterocycles. The smallest absolute Gasteiger partial charge is 0.255 e. The standard InChI is InChI=1S/C33H37Cl2NO5/c1-6-17-33(3)32(37)36(22(2)16-18-40-21-23-10-15-28(38-4)29(19-23)39-5)30(24-11-13-26(34)14-12-24)31(41-33)25-8-7-9-27(35)20-25/h6-15,19-20,22,30-31H,1,16-18,21H2,2-5H3/t22-,30+,31+,33-/m0/s1. The van der Waals surface area contributed by atoms with Crippen molar-refractivity contribution in [3.63, 3.8) is 0 Å². The zero-order chi connectivity index (χ0) is 29.6. The van der Waals surface area contributed by atoms with E-state index in [2.05, 4.69) is 13.5 Å². The number of methoxy groups -OCH3 is 2. The molecule has 1 amide bonds. The SMILES string of the molecule is C=CC[C@]1(C)O[C@H](c2cccc(Cl)c2)[C@@H](c2ccc(Cl)cc2)N([C@@H](C)CCOCc2ccc(OC)c(OC)c2)C1=O. The Kier molecular flexibility index (Phi) is 10.4. The van der Waals surface area contributed by atoms with Gasteiger partial charge in [-0.3, -0.25) is 4.79 Å². The molecule has 0 bridgehead atoms. The zero-order valence-electron chi connectivity index (χ0n) is 23.9. The lowest BCUT2D eigenvalue weighted by Gasteiger charge is -2.51. The van der Waals surface area contributed by atoms with Crippen molar-refractivity contribution in [2.75, 3.05) is 20.8 Å². The van der Waals surface area contributed by atoms with Crippen molar-refractivity contribution in [3.05, 3.63) is 106 Å². The van der Waals surface area contributed by atoms with Crippen LogP contribution in [0.4, 0.5) is 0 Å². The molecule has 1 heterocycles. The number of benzene rings is 3. The van der Waals surface area contributed by atoms with Crippen molar-refractivity contribution in [1.29, 1.82) is 0 Å². The fourth-order valence-electron chi connectivity index (χ4n) is 5.31. The summed E-state index contributed by atoms with van der Waals surface area (Å²) in [5, 5.41) is 1.22. The fraction of sp³-hybridized carbons (Fsp3) is 0.364. The summed E-state index contributed by atoms with van der Waals surface area (Å²) in [4.78, 5) is 16.1. The molecule has 0 saturated carbocycles. The van der Waals surface area contributed by atoms with Crippen molar-refractivity contribution in [1.82, 2.24) is 4.90 Å². The van der Waals surface area contributed by atoms with Gasteiger partial charge in [0.05, 0.1) is 26.9 Å². The van der Waals surface area contributed by atoms with E-state index in [4.69, 9.17) is 42.1 Å². The van der Waals surface area contributed by atoms with Crippen LogP contribution >= 0.6 is 23.2 Å². The lowest BCUT2D eigenvalue weighted by Crippen LogP contribution is -2.59. The lowest BCUT2D eigenvalue weighted by molar-refractivity contribution is -0.202. The van der Waals surface area contributed by atoms with Gasteiger partial charge in [0, 0.05) is 29.1 Å². The second-order valence-electron chi connectivity index (χ2n) is 10.4. The molecule has 0 aliphatic carbocycles. The highest BCUT2D eigenvalue weighted by Crippen LogP contribution is 2.47. The summed E-state index contributed by atoms with van der Waals surface area (Å²) in [7, 11) is 3.22. The molecule has 4 rings (SSSR count). The number of hydrogen-bond donors (Lipinski definition) is 0. The third-order valence-corrected chi connectivity index (χ3v) is 7.94. The molecule has 0 N–H and O–H groups in total. The highest BCUT2D eigenvalue weighted by Gasteiger charge is 2.51. The van der Waals surface area contributed by atoms with Gasteiger partial charge in [-0.2, -0.15) is 0 Å². The number of carbonyl (C=O) groups is 1. The molecule has 218 valence electrons. The fourth-order valence-corrected chi connectivity index (χ4v) is 5.63. The van der Waals surface area contributed by atoms with Gasteiger partial charge in [0.2, 0.25) is 0 Å². The summed E-state index contributed by atoms with van der Waals surface area (Å²) in [6.45, 7) is 8.64. The van der Waals surface area contributed by atoms with Crippen LogP contribution < -0.4 is 9.47 Å². The van der Waals surface area contributed by atoms with E-state index in [9.17, 15) is 4.79 Å². The molecule has 0 aromatic heterocycles. The first-order valence-electron chi connectivity index (χ1n) is 13.6. The van der Waals surface area contributed by atoms with E-state index in [0.717, 1.165) is 16.7 Å². The maximum atomic E-state index is 14.2. The van der Waals surface area contributed by atoms with Crippen LogP contribution in [-0.4, -0.2) is 43.3 Å². The molecular formula is C33H37Cl2NO5. The maximum Gasteiger partial charge on any atom is 0.255 e. The summed E-state index contributed by atoms with van der Waals surface area (Å²) < 4.78 is 23.5. The van der Waals surface area contributed by atoms with Gasteiger partial charge in [-0.1, -0.05) is 59.6 Å². The second kappa shape index (κ2) is 13.8. The highest BCUT2D eigenvalue weighted by atomic mass is 35.5. The number of carbonyl (C=O) groups excluding carboxylic acids is 1. The molecule has 3 aromatic carbocycles. The Bertz CT molecular complexity index is 1350. The van der Waals surface area contributed by atoms with E-state index in [0.29, 0.717) is 47.6 Å². The number of nitrogens with zero attached hydrogens (tertiary/aromatic N) is 1. The molecule has 41 heavy (non-hydrogen) atoms. The minimum Gasteiger partial charge on any atom is -0.493 e. The van der Waals surface area contributed by atoms with Gasteiger partial charge >= 0.3 is 0 Å². The average Bonchev–Trinajstić information content (AvgIpc) is 2.97. The molecule has 8 heteroatoms. The summed E-state index contributed by atoms with van der Waals surface area (Å²) in [6.07, 6.45) is 2.25. The van der Waals surface area contributed by atoms with Crippen LogP contribution in [0, 0.1) is 0 Å². The van der Waals surface area contributed by atoms with Crippen LogP contribution in [0.3, 0.4) is 0 Å². The number of amides is 1. The summed E-state index contributed by atoms with van der Waals surface area (Å²) in [5.74, 6) is 1.23. The number of rotatable bonds is 12. The molecule has 0 radical (unpaired) electrons. The monoisotopic (exact) mass is 597 g/mol. The van der Waals surface area contributed by atoms with Gasteiger partial charge in [0.25, 0.3) is 5.91 Å². The minimum atomic E-state index is -1.09. The molecular weight excluding hydrogens is 561 g/mol. The number of hydrogen-bond acceptors (Lipinski definition) is 5. The lowest BCUT2D eigenvalue weighted by atomic mass is 9.86. The van der Waals surface area contributed by atoms with Crippen LogP contribution in [0.1, 0.15) is 55.5 Å². The van der Waals surface area contributed by atoms with Crippen LogP contribution in [0.5, 0.6) is 11.5 Å². The molecule has 0 spiro atoms. The summed E-state index contributed by atoms with van der Waals surface area (Å²) >= 11 is 12.6. The quantitative estimate of drug-likeness (QED) is 0.156. The predicted molar refractivity (Wildman–Crippen MR) is 163 cm³/mol. The van der Waals surface area contributed by atoms with Crippen molar-refractivity contribution in [2.24, 2.45) is 0 Å². The van der Waals surface area contributed by atoms with Gasteiger partial charge in [-0.05, 0) is 73.4 Å². The first-order valence-corrected chi connectivity index (χ1v) is 14.4. The Morgan fingerprint density at radius 2 is 1.73 bits per heavy atom. The van der Waals surface area contributed by atoms with Gasteiger partial charge < -0.3 is 23.8 Å². The van der Waals surface area contributed by atoms with Gasteiger partial charge in [0.1, 0.15) is 11.7 Å². The van der Waals surface area contributed by atoms with Crippen LogP contribution in [0.25, 0.3) is 0 Å². The largest absolute Gasteiger partial charge is 0.493 e. The number of halogens is 2. The molecule has 1 saturated heterocycles. The molecule has 0 unspecified atom stereocenters. The van der Waals surface area contributed by atoms with E-state index >= 15 is 0 Å². The Balaban J connectivity index is 1.61. The van der Waals surface area contributed by atoms with E-state index in [1.807, 2.05) is 78.6 Å². The van der Waals surface area contributed by atoms with Crippen LogP contribution in [0.2, 0.25) is 10.0 Å². The Labute approximate surface area is 252 Å². The first kappa shape index (κ1) is 30.9. The molecule has 4 atom stereocenters. The van der Waals surface area contributed by atoms with Crippen molar-refractivity contribution in [3.8, 4) is 11.5 Å².